The van der Waals surface area contributed by atoms with Crippen molar-refractivity contribution in [2.24, 2.45) is 4.99 Å². The van der Waals surface area contributed by atoms with Crippen LogP contribution in [0.25, 0.3) is 10.2 Å². The molecule has 28 heavy (non-hydrogen) atoms. The number of hydrogen-bond donors (Lipinski definition) is 0. The van der Waals surface area contributed by atoms with E-state index < -0.39 is 5.91 Å². The molecule has 0 aliphatic rings. The standard InChI is InChI=1S/C21H22N2O4S/c1-3-15-10-11-17-18(12-15)28-21(23(17)13-20(25)26-4-2)22-19(24)14-27-16-8-6-5-7-9-16/h5-12H,3-4,13-14H2,1-2H3. The molecule has 1 heterocycles. The van der Waals surface area contributed by atoms with Crippen molar-refractivity contribution in [3.8, 4) is 5.75 Å². The van der Waals surface area contributed by atoms with Gasteiger partial charge in [0.05, 0.1) is 16.8 Å². The summed E-state index contributed by atoms with van der Waals surface area (Å²) in [5.41, 5.74) is 2.04. The molecular formula is C21H22N2O4S. The van der Waals surface area contributed by atoms with Crippen molar-refractivity contribution in [1.29, 1.82) is 0 Å². The molecule has 0 bridgehead atoms. The molecule has 3 rings (SSSR count). The number of benzene rings is 2. The van der Waals surface area contributed by atoms with Crippen molar-refractivity contribution in [2.75, 3.05) is 13.2 Å². The van der Waals surface area contributed by atoms with Gasteiger partial charge in [-0.3, -0.25) is 9.59 Å². The van der Waals surface area contributed by atoms with Crippen molar-refractivity contribution < 1.29 is 19.1 Å². The van der Waals surface area contributed by atoms with E-state index in [2.05, 4.69) is 18.0 Å². The van der Waals surface area contributed by atoms with Gasteiger partial charge in [-0.05, 0) is 43.2 Å². The van der Waals surface area contributed by atoms with Crippen molar-refractivity contribution >= 4 is 33.4 Å². The first-order valence-corrected chi connectivity index (χ1v) is 9.95. The molecule has 1 aromatic heterocycles. The second-order valence-electron chi connectivity index (χ2n) is 6.04. The van der Waals surface area contributed by atoms with E-state index in [1.807, 2.05) is 30.3 Å². The van der Waals surface area contributed by atoms with Gasteiger partial charge in [-0.2, -0.15) is 4.99 Å². The van der Waals surface area contributed by atoms with E-state index in [9.17, 15) is 9.59 Å². The Morgan fingerprint density at radius 3 is 2.61 bits per heavy atom. The minimum Gasteiger partial charge on any atom is -0.484 e. The molecule has 0 spiro atoms. The molecule has 0 saturated carbocycles. The first kappa shape index (κ1) is 19.8. The zero-order valence-electron chi connectivity index (χ0n) is 15.9. The highest BCUT2D eigenvalue weighted by Crippen LogP contribution is 2.20. The lowest BCUT2D eigenvalue weighted by Crippen LogP contribution is -2.24. The van der Waals surface area contributed by atoms with Crippen LogP contribution in [0.1, 0.15) is 19.4 Å². The highest BCUT2D eigenvalue weighted by atomic mass is 32.1. The Labute approximate surface area is 167 Å². The minimum absolute atomic E-state index is 0.00493. The maximum atomic E-state index is 12.3. The number of nitrogens with zero attached hydrogens (tertiary/aromatic N) is 2. The Morgan fingerprint density at radius 1 is 1.11 bits per heavy atom. The number of esters is 1. The van der Waals surface area contributed by atoms with Crippen LogP contribution in [0.5, 0.6) is 5.75 Å². The average Bonchev–Trinajstić information content (AvgIpc) is 3.03. The van der Waals surface area contributed by atoms with Crippen molar-refractivity contribution in [3.05, 3.63) is 58.9 Å². The Bertz CT molecular complexity index is 1040. The molecule has 0 saturated heterocycles. The lowest BCUT2D eigenvalue weighted by molar-refractivity contribution is -0.143. The zero-order chi connectivity index (χ0) is 19.9. The van der Waals surface area contributed by atoms with Gasteiger partial charge in [0.25, 0.3) is 5.91 Å². The van der Waals surface area contributed by atoms with E-state index in [-0.39, 0.29) is 19.1 Å². The highest BCUT2D eigenvalue weighted by molar-refractivity contribution is 7.16. The number of aryl methyl sites for hydroxylation is 1. The van der Waals surface area contributed by atoms with Gasteiger partial charge in [0.15, 0.2) is 11.4 Å². The number of thiazole rings is 1. The first-order chi connectivity index (χ1) is 13.6. The number of ether oxygens (including phenoxy) is 2. The second-order valence-corrected chi connectivity index (χ2v) is 7.05. The third kappa shape index (κ3) is 4.86. The summed E-state index contributed by atoms with van der Waals surface area (Å²) in [5.74, 6) is -0.172. The maximum absolute atomic E-state index is 12.3. The van der Waals surface area contributed by atoms with Crippen LogP contribution in [-0.2, 0) is 27.3 Å². The van der Waals surface area contributed by atoms with Crippen LogP contribution in [0.2, 0.25) is 0 Å². The Hall–Kier alpha value is -2.93. The molecule has 0 radical (unpaired) electrons. The number of fused-ring (bicyclic) bond motifs is 1. The predicted molar refractivity (Wildman–Crippen MR) is 108 cm³/mol. The van der Waals surface area contributed by atoms with Crippen LogP contribution in [-0.4, -0.2) is 29.7 Å². The first-order valence-electron chi connectivity index (χ1n) is 9.14. The fourth-order valence-corrected chi connectivity index (χ4v) is 3.82. The van der Waals surface area contributed by atoms with Gasteiger partial charge < -0.3 is 14.0 Å². The quantitative estimate of drug-likeness (QED) is 0.573. The number of hydrogen-bond acceptors (Lipinski definition) is 5. The minimum atomic E-state index is -0.413. The summed E-state index contributed by atoms with van der Waals surface area (Å²) in [6.45, 7) is 3.98. The number of para-hydroxylation sites is 1. The summed E-state index contributed by atoms with van der Waals surface area (Å²) in [6.07, 6.45) is 0.905. The fourth-order valence-electron chi connectivity index (χ4n) is 2.71. The molecule has 0 N–H and O–H groups in total. The summed E-state index contributed by atoms with van der Waals surface area (Å²) >= 11 is 1.38. The molecule has 2 aromatic carbocycles. The summed E-state index contributed by atoms with van der Waals surface area (Å²) in [4.78, 5) is 29.0. The summed E-state index contributed by atoms with van der Waals surface area (Å²) in [5, 5.41) is 0. The van der Waals surface area contributed by atoms with Gasteiger partial charge in [0, 0.05) is 0 Å². The van der Waals surface area contributed by atoms with E-state index in [0.29, 0.717) is 17.2 Å². The maximum Gasteiger partial charge on any atom is 0.326 e. The van der Waals surface area contributed by atoms with Crippen LogP contribution in [0.3, 0.4) is 0 Å². The van der Waals surface area contributed by atoms with Crippen LogP contribution >= 0.6 is 11.3 Å². The van der Waals surface area contributed by atoms with Crippen molar-refractivity contribution in [3.63, 3.8) is 0 Å². The average molecular weight is 398 g/mol. The van der Waals surface area contributed by atoms with Gasteiger partial charge in [-0.15, -0.1) is 0 Å². The zero-order valence-corrected chi connectivity index (χ0v) is 16.7. The van der Waals surface area contributed by atoms with Gasteiger partial charge in [-0.25, -0.2) is 0 Å². The second kappa shape index (κ2) is 9.32. The van der Waals surface area contributed by atoms with E-state index in [0.717, 1.165) is 16.6 Å². The lowest BCUT2D eigenvalue weighted by Gasteiger charge is -2.06. The van der Waals surface area contributed by atoms with E-state index in [1.54, 1.807) is 23.6 Å². The van der Waals surface area contributed by atoms with Crippen LogP contribution in [0, 0.1) is 0 Å². The molecule has 146 valence electrons. The molecule has 0 unspecified atom stereocenters. The molecule has 7 heteroatoms. The van der Waals surface area contributed by atoms with Crippen LogP contribution in [0.4, 0.5) is 0 Å². The molecule has 6 nitrogen and oxygen atoms in total. The Balaban J connectivity index is 1.91. The third-order valence-electron chi connectivity index (χ3n) is 4.07. The largest absolute Gasteiger partial charge is 0.484 e. The van der Waals surface area contributed by atoms with Gasteiger partial charge in [-0.1, -0.05) is 42.5 Å². The van der Waals surface area contributed by atoms with Gasteiger partial charge in [0.2, 0.25) is 0 Å². The Kier molecular flexibility index (Phi) is 6.60. The molecule has 0 aliphatic carbocycles. The molecule has 3 aromatic rings. The van der Waals surface area contributed by atoms with Gasteiger partial charge >= 0.3 is 5.97 Å². The number of amides is 1. The van der Waals surface area contributed by atoms with E-state index in [4.69, 9.17) is 9.47 Å². The molecule has 1 amide bonds. The van der Waals surface area contributed by atoms with Crippen molar-refractivity contribution in [1.82, 2.24) is 4.57 Å². The number of rotatable bonds is 7. The van der Waals surface area contributed by atoms with Gasteiger partial charge in [0.1, 0.15) is 12.3 Å². The molecule has 0 aliphatic heterocycles. The van der Waals surface area contributed by atoms with Crippen LogP contribution in [0.15, 0.2) is 53.5 Å². The molecular weight excluding hydrogens is 376 g/mol. The van der Waals surface area contributed by atoms with E-state index >= 15 is 0 Å². The monoisotopic (exact) mass is 398 g/mol. The number of aromatic nitrogens is 1. The number of carbonyl (C=O) groups excluding carboxylic acids is 2. The summed E-state index contributed by atoms with van der Waals surface area (Å²) in [6, 6.07) is 15.1. The number of carbonyl (C=O) groups is 2. The SMILES string of the molecule is CCOC(=O)Cn1c(=NC(=O)COc2ccccc2)sc2cc(CC)ccc21. The molecule has 0 atom stereocenters. The third-order valence-corrected chi connectivity index (χ3v) is 5.11. The highest BCUT2D eigenvalue weighted by Gasteiger charge is 2.13. The normalized spacial score (nSPS) is 11.6. The summed E-state index contributed by atoms with van der Waals surface area (Å²) < 4.78 is 13.2. The topological polar surface area (TPSA) is 69.9 Å². The van der Waals surface area contributed by atoms with Crippen molar-refractivity contribution in [2.45, 2.75) is 26.8 Å². The van der Waals surface area contributed by atoms with Crippen LogP contribution < -0.4 is 9.54 Å². The van der Waals surface area contributed by atoms with E-state index in [1.165, 1.54) is 16.9 Å². The Morgan fingerprint density at radius 2 is 1.89 bits per heavy atom. The predicted octanol–water partition coefficient (Wildman–Crippen LogP) is 3.33. The lowest BCUT2D eigenvalue weighted by atomic mass is 10.2. The smallest absolute Gasteiger partial charge is 0.326 e. The fraction of sp³-hybridized carbons (Fsp3) is 0.286. The molecule has 0 fully saturated rings. The summed E-state index contributed by atoms with van der Waals surface area (Å²) in [7, 11) is 0.